The maximum Gasteiger partial charge on any atom is 0.146 e. The number of aliphatic hydroxyl groups excluding tert-OH is 1. The van der Waals surface area contributed by atoms with Gasteiger partial charge in [0, 0.05) is 18.2 Å². The Labute approximate surface area is 155 Å². The molecule has 0 radical (unpaired) electrons. The largest absolute Gasteiger partial charge is 0.493 e. The highest BCUT2D eigenvalue weighted by Crippen LogP contribution is 2.24. The van der Waals surface area contributed by atoms with Gasteiger partial charge < -0.3 is 15.2 Å². The van der Waals surface area contributed by atoms with Gasteiger partial charge in [-0.15, -0.1) is 0 Å². The van der Waals surface area contributed by atoms with E-state index in [4.69, 9.17) is 4.74 Å². The Bertz CT molecular complexity index is 704. The van der Waals surface area contributed by atoms with Crippen LogP contribution in [0.5, 0.6) is 5.75 Å². The number of nitrogens with zero attached hydrogens (tertiary/aromatic N) is 1. The molecule has 0 bridgehead atoms. The fourth-order valence-corrected chi connectivity index (χ4v) is 2.52. The van der Waals surface area contributed by atoms with Crippen molar-refractivity contribution in [2.75, 3.05) is 13.2 Å². The molecule has 0 spiro atoms. The smallest absolute Gasteiger partial charge is 0.146 e. The zero-order valence-electron chi connectivity index (χ0n) is 16.0. The quantitative estimate of drug-likeness (QED) is 0.709. The van der Waals surface area contributed by atoms with Crippen molar-refractivity contribution in [1.82, 2.24) is 10.3 Å². The Morgan fingerprint density at radius 2 is 1.92 bits per heavy atom. The average molecular weight is 360 g/mol. The van der Waals surface area contributed by atoms with Gasteiger partial charge in [-0.2, -0.15) is 0 Å². The number of rotatable bonds is 9. The highest BCUT2D eigenvalue weighted by atomic mass is 19.1. The molecular weight excluding hydrogens is 331 g/mol. The number of hydrogen-bond acceptors (Lipinski definition) is 4. The van der Waals surface area contributed by atoms with Gasteiger partial charge in [0.2, 0.25) is 0 Å². The first-order valence-corrected chi connectivity index (χ1v) is 9.13. The van der Waals surface area contributed by atoms with Crippen LogP contribution in [0.2, 0.25) is 0 Å². The van der Waals surface area contributed by atoms with Gasteiger partial charge in [0.25, 0.3) is 0 Å². The zero-order valence-corrected chi connectivity index (χ0v) is 16.0. The molecule has 0 fully saturated rings. The molecular formula is C21H29FN2O2. The van der Waals surface area contributed by atoms with Crippen molar-refractivity contribution >= 4 is 0 Å². The normalized spacial score (nSPS) is 12.6. The van der Waals surface area contributed by atoms with Crippen LogP contribution in [0.3, 0.4) is 0 Å². The molecule has 0 aliphatic carbocycles. The van der Waals surface area contributed by atoms with Gasteiger partial charge in [-0.25, -0.2) is 9.37 Å². The molecule has 5 heteroatoms. The maximum atomic E-state index is 14.1. The lowest BCUT2D eigenvalue weighted by atomic mass is 10.1. The number of aromatic nitrogens is 1. The van der Waals surface area contributed by atoms with Crippen molar-refractivity contribution in [1.29, 1.82) is 0 Å². The van der Waals surface area contributed by atoms with Gasteiger partial charge in [0.05, 0.1) is 24.6 Å². The molecule has 26 heavy (non-hydrogen) atoms. The number of pyridine rings is 1. The summed E-state index contributed by atoms with van der Waals surface area (Å²) >= 11 is 0. The average Bonchev–Trinajstić information content (AvgIpc) is 2.62. The van der Waals surface area contributed by atoms with Gasteiger partial charge in [0.1, 0.15) is 11.6 Å². The van der Waals surface area contributed by atoms with Crippen LogP contribution in [0.4, 0.5) is 4.39 Å². The van der Waals surface area contributed by atoms with E-state index in [2.05, 4.69) is 24.1 Å². The Balaban J connectivity index is 2.17. The lowest BCUT2D eigenvalue weighted by Crippen LogP contribution is -2.36. The minimum atomic E-state index is -0.353. The Hall–Kier alpha value is -1.98. The van der Waals surface area contributed by atoms with E-state index >= 15 is 0 Å². The number of hydrogen-bond donors (Lipinski definition) is 2. The molecule has 4 nitrogen and oxygen atoms in total. The van der Waals surface area contributed by atoms with E-state index in [9.17, 15) is 9.50 Å². The predicted octanol–water partition coefficient (Wildman–Crippen LogP) is 4.03. The summed E-state index contributed by atoms with van der Waals surface area (Å²) in [4.78, 5) is 4.47. The van der Waals surface area contributed by atoms with Crippen LogP contribution in [-0.4, -0.2) is 29.3 Å². The molecule has 0 aliphatic heterocycles. The standard InChI is InChI=1S/C21H29FN2O2/c1-14(2)13-26-17-7-5-6-16(10-17)19-9-8-18(22)20(24-19)11-23-21(12-25)15(3)4/h5-10,14-15,21,23,25H,11-13H2,1-4H3/t21-/m0/s1. The summed E-state index contributed by atoms with van der Waals surface area (Å²) in [5.74, 6) is 1.12. The maximum absolute atomic E-state index is 14.1. The first kappa shape index (κ1) is 20.3. The van der Waals surface area contributed by atoms with E-state index < -0.39 is 0 Å². The van der Waals surface area contributed by atoms with Crippen molar-refractivity contribution in [3.63, 3.8) is 0 Å². The second kappa shape index (κ2) is 9.64. The summed E-state index contributed by atoms with van der Waals surface area (Å²) in [6, 6.07) is 10.7. The van der Waals surface area contributed by atoms with Crippen molar-refractivity contribution in [2.45, 2.75) is 40.3 Å². The zero-order chi connectivity index (χ0) is 19.1. The first-order chi connectivity index (χ1) is 12.4. The molecule has 0 saturated carbocycles. The predicted molar refractivity (Wildman–Crippen MR) is 103 cm³/mol. The first-order valence-electron chi connectivity index (χ1n) is 9.13. The van der Waals surface area contributed by atoms with E-state index in [1.165, 1.54) is 6.07 Å². The molecule has 1 aromatic carbocycles. The lowest BCUT2D eigenvalue weighted by Gasteiger charge is -2.20. The second-order valence-electron chi connectivity index (χ2n) is 7.27. The van der Waals surface area contributed by atoms with Crippen LogP contribution in [0, 0.1) is 17.7 Å². The molecule has 2 aromatic rings. The van der Waals surface area contributed by atoms with Crippen LogP contribution in [0.1, 0.15) is 33.4 Å². The van der Waals surface area contributed by atoms with Crippen molar-refractivity contribution in [3.05, 3.63) is 47.9 Å². The number of benzene rings is 1. The van der Waals surface area contributed by atoms with Crippen LogP contribution in [0.25, 0.3) is 11.3 Å². The van der Waals surface area contributed by atoms with Gasteiger partial charge in [-0.1, -0.05) is 39.8 Å². The number of aliphatic hydroxyl groups is 1. The Kier molecular flexibility index (Phi) is 7.54. The third-order valence-corrected chi connectivity index (χ3v) is 4.16. The molecule has 0 aliphatic rings. The fourth-order valence-electron chi connectivity index (χ4n) is 2.52. The van der Waals surface area contributed by atoms with Crippen molar-refractivity contribution in [3.8, 4) is 17.0 Å². The Morgan fingerprint density at radius 3 is 2.58 bits per heavy atom. The molecule has 1 atom stereocenters. The van der Waals surface area contributed by atoms with Crippen LogP contribution in [0.15, 0.2) is 36.4 Å². The van der Waals surface area contributed by atoms with Gasteiger partial charge in [0.15, 0.2) is 0 Å². The number of ether oxygens (including phenoxy) is 1. The number of nitrogens with one attached hydrogen (secondary N) is 1. The monoisotopic (exact) mass is 360 g/mol. The SMILES string of the molecule is CC(C)COc1cccc(-c2ccc(F)c(CN[C@@H](CO)C(C)C)n2)c1. The third kappa shape index (κ3) is 5.78. The molecule has 1 heterocycles. The molecule has 2 N–H and O–H groups in total. The second-order valence-corrected chi connectivity index (χ2v) is 7.27. The van der Waals surface area contributed by atoms with Crippen LogP contribution < -0.4 is 10.1 Å². The topological polar surface area (TPSA) is 54.4 Å². The summed E-state index contributed by atoms with van der Waals surface area (Å²) in [6.45, 7) is 9.14. The van der Waals surface area contributed by atoms with E-state index in [1.54, 1.807) is 6.07 Å². The van der Waals surface area contributed by atoms with Crippen LogP contribution >= 0.6 is 0 Å². The van der Waals surface area contributed by atoms with Crippen LogP contribution in [-0.2, 0) is 6.54 Å². The summed E-state index contributed by atoms with van der Waals surface area (Å²) in [5.41, 5.74) is 1.92. The van der Waals surface area contributed by atoms with E-state index in [0.717, 1.165) is 11.3 Å². The minimum Gasteiger partial charge on any atom is -0.493 e. The van der Waals surface area contributed by atoms with E-state index in [1.807, 2.05) is 38.1 Å². The lowest BCUT2D eigenvalue weighted by molar-refractivity contribution is 0.209. The van der Waals surface area contributed by atoms with Gasteiger partial charge >= 0.3 is 0 Å². The van der Waals surface area contributed by atoms with E-state index in [0.29, 0.717) is 23.9 Å². The molecule has 0 unspecified atom stereocenters. The van der Waals surface area contributed by atoms with E-state index in [-0.39, 0.29) is 30.9 Å². The van der Waals surface area contributed by atoms with Crippen molar-refractivity contribution < 1.29 is 14.2 Å². The summed E-state index contributed by atoms with van der Waals surface area (Å²) in [6.07, 6.45) is 0. The highest BCUT2D eigenvalue weighted by molar-refractivity contribution is 5.61. The Morgan fingerprint density at radius 1 is 1.15 bits per heavy atom. The summed E-state index contributed by atoms with van der Waals surface area (Å²) in [5, 5.41) is 12.6. The molecule has 2 rings (SSSR count). The third-order valence-electron chi connectivity index (χ3n) is 4.16. The van der Waals surface area contributed by atoms with Gasteiger partial charge in [-0.3, -0.25) is 0 Å². The molecule has 1 aromatic heterocycles. The molecule has 0 saturated heterocycles. The minimum absolute atomic E-state index is 0.00815. The molecule has 142 valence electrons. The van der Waals surface area contributed by atoms with Gasteiger partial charge in [-0.05, 0) is 36.1 Å². The van der Waals surface area contributed by atoms with Crippen molar-refractivity contribution in [2.24, 2.45) is 11.8 Å². The molecule has 0 amide bonds. The summed E-state index contributed by atoms with van der Waals surface area (Å²) in [7, 11) is 0. The number of halogens is 1. The fraction of sp³-hybridized carbons (Fsp3) is 0.476. The highest BCUT2D eigenvalue weighted by Gasteiger charge is 2.14. The summed E-state index contributed by atoms with van der Waals surface area (Å²) < 4.78 is 19.9.